The molecule has 164 valence electrons. The van der Waals surface area contributed by atoms with E-state index in [0.29, 0.717) is 16.8 Å². The fourth-order valence-corrected chi connectivity index (χ4v) is 4.23. The molecule has 0 bridgehead atoms. The summed E-state index contributed by atoms with van der Waals surface area (Å²) in [6.07, 6.45) is 4.03. The fourth-order valence-electron chi connectivity index (χ4n) is 3.25. The van der Waals surface area contributed by atoms with Crippen LogP contribution in [0.5, 0.6) is 0 Å². The van der Waals surface area contributed by atoms with Crippen LogP contribution in [-0.2, 0) is 16.6 Å². The highest BCUT2D eigenvalue weighted by molar-refractivity contribution is 7.90. The minimum absolute atomic E-state index is 0.183. The van der Waals surface area contributed by atoms with Gasteiger partial charge in [0.1, 0.15) is 0 Å². The molecule has 0 saturated carbocycles. The maximum atomic E-state index is 12.7. The maximum absolute atomic E-state index is 12.7. The second kappa shape index (κ2) is 9.04. The van der Waals surface area contributed by atoms with Gasteiger partial charge in [0.05, 0.1) is 5.69 Å². The molecular formula is C18H23F3N6O2S. The maximum Gasteiger partial charge on any atom is 0.511 e. The Morgan fingerprint density at radius 2 is 1.93 bits per heavy atom. The normalized spacial score (nSPS) is 17.1. The van der Waals surface area contributed by atoms with Gasteiger partial charge < -0.3 is 10.6 Å². The first-order valence-electron chi connectivity index (χ1n) is 9.34. The van der Waals surface area contributed by atoms with Gasteiger partial charge >= 0.3 is 15.5 Å². The lowest BCUT2D eigenvalue weighted by molar-refractivity contribution is -0.0494. The summed E-state index contributed by atoms with van der Waals surface area (Å²) in [4.78, 5) is 4.16. The fraction of sp³-hybridized carbons (Fsp3) is 0.444. The molecular weight excluding hydrogens is 421 g/mol. The Labute approximate surface area is 172 Å². The smallest absolute Gasteiger partial charge is 0.354 e. The summed E-state index contributed by atoms with van der Waals surface area (Å²) in [5.41, 5.74) is -3.38. The number of hydrogen-bond donors (Lipinski definition) is 2. The predicted octanol–water partition coefficient (Wildman–Crippen LogP) is 1.85. The standard InChI is InChI=1S/C18H23F3N6O2S/c1-22-17(23-13-14-5-2-3-6-16(14)27-10-4-9-24-27)25-15-7-11-26(12-8-15)30(28,29)18(19,20)21/h2-6,9-10,15H,7-8,11-13H2,1H3,(H2,22,23,25). The lowest BCUT2D eigenvalue weighted by atomic mass is 10.1. The summed E-state index contributed by atoms with van der Waals surface area (Å²) in [5.74, 6) is 0.488. The number of sulfonamides is 1. The lowest BCUT2D eigenvalue weighted by Gasteiger charge is -2.32. The molecule has 2 heterocycles. The zero-order valence-electron chi connectivity index (χ0n) is 16.3. The molecule has 3 rings (SSSR count). The van der Waals surface area contributed by atoms with Gasteiger partial charge in [0.25, 0.3) is 0 Å². The highest BCUT2D eigenvalue weighted by Crippen LogP contribution is 2.28. The Morgan fingerprint density at radius 3 is 2.53 bits per heavy atom. The third kappa shape index (κ3) is 4.93. The van der Waals surface area contributed by atoms with Gasteiger partial charge in [0.15, 0.2) is 5.96 Å². The van der Waals surface area contributed by atoms with Gasteiger partial charge in [0, 0.05) is 45.1 Å². The lowest BCUT2D eigenvalue weighted by Crippen LogP contribution is -2.51. The Hall–Kier alpha value is -2.60. The zero-order valence-corrected chi connectivity index (χ0v) is 17.1. The first-order valence-corrected chi connectivity index (χ1v) is 10.8. The van der Waals surface area contributed by atoms with E-state index in [1.165, 1.54) is 0 Å². The van der Waals surface area contributed by atoms with Gasteiger partial charge in [-0.15, -0.1) is 0 Å². The number of rotatable bonds is 5. The number of benzene rings is 1. The molecule has 1 aliphatic heterocycles. The van der Waals surface area contributed by atoms with Crippen molar-refractivity contribution in [3.63, 3.8) is 0 Å². The van der Waals surface area contributed by atoms with Gasteiger partial charge in [-0.25, -0.2) is 13.1 Å². The van der Waals surface area contributed by atoms with E-state index in [9.17, 15) is 21.6 Å². The summed E-state index contributed by atoms with van der Waals surface area (Å²) in [5, 5.41) is 10.6. The van der Waals surface area contributed by atoms with E-state index in [0.717, 1.165) is 11.3 Å². The van der Waals surface area contributed by atoms with Crippen LogP contribution in [0.3, 0.4) is 0 Å². The van der Waals surface area contributed by atoms with E-state index in [-0.39, 0.29) is 32.0 Å². The summed E-state index contributed by atoms with van der Waals surface area (Å²) in [6.45, 7) is 0.0638. The third-order valence-electron chi connectivity index (χ3n) is 4.84. The Kier molecular flexibility index (Phi) is 6.66. The van der Waals surface area contributed by atoms with Crippen LogP contribution in [0.4, 0.5) is 13.2 Å². The molecule has 1 aliphatic rings. The Bertz CT molecular complexity index is 968. The first-order chi connectivity index (χ1) is 14.2. The van der Waals surface area contributed by atoms with Crippen molar-refractivity contribution < 1.29 is 21.6 Å². The molecule has 0 atom stereocenters. The molecule has 1 aromatic carbocycles. The van der Waals surface area contributed by atoms with E-state index in [1.807, 2.05) is 36.5 Å². The van der Waals surface area contributed by atoms with Gasteiger partial charge in [0.2, 0.25) is 0 Å². The van der Waals surface area contributed by atoms with Crippen molar-refractivity contribution in [3.8, 4) is 5.69 Å². The number of para-hydroxylation sites is 1. The minimum atomic E-state index is -5.28. The van der Waals surface area contributed by atoms with E-state index in [2.05, 4.69) is 20.7 Å². The number of aromatic nitrogens is 2. The first kappa shape index (κ1) is 22.1. The van der Waals surface area contributed by atoms with Crippen LogP contribution in [-0.4, -0.2) is 60.2 Å². The van der Waals surface area contributed by atoms with Crippen LogP contribution in [0, 0.1) is 0 Å². The third-order valence-corrected chi connectivity index (χ3v) is 6.47. The zero-order chi connectivity index (χ0) is 21.8. The number of aliphatic imine (C=N–C) groups is 1. The Morgan fingerprint density at radius 1 is 1.23 bits per heavy atom. The quantitative estimate of drug-likeness (QED) is 0.543. The van der Waals surface area contributed by atoms with Crippen LogP contribution in [0.15, 0.2) is 47.7 Å². The molecule has 2 aromatic rings. The number of nitrogens with one attached hydrogen (secondary N) is 2. The van der Waals surface area contributed by atoms with Crippen molar-refractivity contribution in [1.82, 2.24) is 24.7 Å². The van der Waals surface area contributed by atoms with Gasteiger partial charge in [-0.2, -0.15) is 22.6 Å². The van der Waals surface area contributed by atoms with Crippen molar-refractivity contribution in [2.45, 2.75) is 30.9 Å². The highest BCUT2D eigenvalue weighted by Gasteiger charge is 2.50. The number of alkyl halides is 3. The van der Waals surface area contributed by atoms with Crippen LogP contribution < -0.4 is 10.6 Å². The van der Waals surface area contributed by atoms with E-state index >= 15 is 0 Å². The summed E-state index contributed by atoms with van der Waals surface area (Å²) < 4.78 is 63.4. The average molecular weight is 444 g/mol. The van der Waals surface area contributed by atoms with Gasteiger partial charge in [-0.1, -0.05) is 18.2 Å². The van der Waals surface area contributed by atoms with Gasteiger partial charge in [-0.05, 0) is 30.5 Å². The second-order valence-electron chi connectivity index (χ2n) is 6.77. The number of halogens is 3. The molecule has 0 spiro atoms. The number of nitrogens with zero attached hydrogens (tertiary/aromatic N) is 4. The molecule has 30 heavy (non-hydrogen) atoms. The molecule has 2 N–H and O–H groups in total. The molecule has 12 heteroatoms. The predicted molar refractivity (Wildman–Crippen MR) is 106 cm³/mol. The topological polar surface area (TPSA) is 91.6 Å². The molecule has 1 saturated heterocycles. The molecule has 8 nitrogen and oxygen atoms in total. The van der Waals surface area contributed by atoms with Crippen LogP contribution in [0.1, 0.15) is 18.4 Å². The number of hydrogen-bond acceptors (Lipinski definition) is 4. The SMILES string of the molecule is CN=C(NCc1ccccc1-n1cccn1)NC1CCN(S(=O)(=O)C(F)(F)F)CC1. The second-order valence-corrected chi connectivity index (χ2v) is 8.70. The molecule has 0 aliphatic carbocycles. The summed E-state index contributed by atoms with van der Waals surface area (Å²) >= 11 is 0. The number of piperidine rings is 1. The van der Waals surface area contributed by atoms with Crippen LogP contribution in [0.25, 0.3) is 5.69 Å². The van der Waals surface area contributed by atoms with E-state index in [1.54, 1.807) is 17.9 Å². The van der Waals surface area contributed by atoms with E-state index in [4.69, 9.17) is 0 Å². The average Bonchev–Trinajstić information content (AvgIpc) is 3.25. The van der Waals surface area contributed by atoms with Crippen LogP contribution in [0.2, 0.25) is 0 Å². The molecule has 0 unspecified atom stereocenters. The largest absolute Gasteiger partial charge is 0.511 e. The summed E-state index contributed by atoms with van der Waals surface area (Å²) in [6, 6.07) is 9.37. The number of guanidine groups is 1. The molecule has 1 aromatic heterocycles. The van der Waals surface area contributed by atoms with Crippen molar-refractivity contribution in [3.05, 3.63) is 48.3 Å². The van der Waals surface area contributed by atoms with Crippen molar-refractivity contribution in [2.75, 3.05) is 20.1 Å². The molecule has 1 fully saturated rings. The molecule has 0 amide bonds. The minimum Gasteiger partial charge on any atom is -0.354 e. The Balaban J connectivity index is 1.56. The van der Waals surface area contributed by atoms with E-state index < -0.39 is 15.5 Å². The highest BCUT2D eigenvalue weighted by atomic mass is 32.2. The van der Waals surface area contributed by atoms with Gasteiger partial charge in [-0.3, -0.25) is 4.99 Å². The monoisotopic (exact) mass is 444 g/mol. The van der Waals surface area contributed by atoms with Crippen molar-refractivity contribution >= 4 is 16.0 Å². The van der Waals surface area contributed by atoms with Crippen molar-refractivity contribution in [1.29, 1.82) is 0 Å². The van der Waals surface area contributed by atoms with Crippen molar-refractivity contribution in [2.24, 2.45) is 4.99 Å². The summed E-state index contributed by atoms with van der Waals surface area (Å²) in [7, 11) is -3.68. The molecule has 0 radical (unpaired) electrons. The van der Waals surface area contributed by atoms with Crippen LogP contribution >= 0.6 is 0 Å².